The predicted octanol–water partition coefficient (Wildman–Crippen LogP) is 1.90. The van der Waals surface area contributed by atoms with Crippen LogP contribution < -0.4 is 0 Å². The molecular weight excluding hydrogens is 214 g/mol. The normalized spacial score (nSPS) is 20.4. The average Bonchev–Trinajstić information content (AvgIpc) is 2.38. The van der Waals surface area contributed by atoms with Gasteiger partial charge in [0.25, 0.3) is 0 Å². The van der Waals surface area contributed by atoms with Crippen molar-refractivity contribution in [3.8, 4) is 0 Å². The second-order valence-corrected chi connectivity index (χ2v) is 4.56. The maximum atomic E-state index is 11.7. The molecule has 1 aromatic rings. The minimum atomic E-state index is 0.250. The van der Waals surface area contributed by atoms with Gasteiger partial charge in [0.05, 0.1) is 0 Å². The van der Waals surface area contributed by atoms with E-state index in [2.05, 4.69) is 9.97 Å². The van der Waals surface area contributed by atoms with E-state index in [-0.39, 0.29) is 5.91 Å². The van der Waals surface area contributed by atoms with Gasteiger partial charge >= 0.3 is 0 Å². The number of hydrogen-bond donors (Lipinski definition) is 0. The Morgan fingerprint density at radius 1 is 1.59 bits per heavy atom. The minimum absolute atomic E-state index is 0.250. The van der Waals surface area contributed by atoms with Crippen LogP contribution in [-0.2, 0) is 4.79 Å². The molecule has 0 radical (unpaired) electrons. The molecule has 0 aliphatic carbocycles. The molecule has 1 fully saturated rings. The van der Waals surface area contributed by atoms with Gasteiger partial charge in [-0.05, 0) is 25.8 Å². The van der Waals surface area contributed by atoms with Crippen molar-refractivity contribution in [1.29, 1.82) is 0 Å². The molecule has 1 aliphatic heterocycles. The van der Waals surface area contributed by atoms with Crippen molar-refractivity contribution in [1.82, 2.24) is 14.9 Å². The van der Waals surface area contributed by atoms with E-state index in [4.69, 9.17) is 0 Å². The summed E-state index contributed by atoms with van der Waals surface area (Å²) < 4.78 is 0. The van der Waals surface area contributed by atoms with E-state index in [0.29, 0.717) is 12.3 Å². The lowest BCUT2D eigenvalue weighted by atomic mass is 9.94. The maximum absolute atomic E-state index is 11.7. The van der Waals surface area contributed by atoms with Gasteiger partial charge in [-0.15, -0.1) is 0 Å². The second-order valence-electron chi connectivity index (χ2n) is 4.56. The lowest BCUT2D eigenvalue weighted by Crippen LogP contribution is -2.38. The third-order valence-electron chi connectivity index (χ3n) is 3.29. The molecule has 0 N–H and O–H groups in total. The number of nitrogens with zero attached hydrogens (tertiary/aromatic N) is 3. The van der Waals surface area contributed by atoms with Crippen LogP contribution in [0.15, 0.2) is 12.3 Å². The zero-order chi connectivity index (χ0) is 12.3. The number of likely N-dealkylation sites (tertiary alicyclic amines) is 1. The lowest BCUT2D eigenvalue weighted by Gasteiger charge is -2.32. The van der Waals surface area contributed by atoms with Crippen LogP contribution in [-0.4, -0.2) is 33.9 Å². The van der Waals surface area contributed by atoms with Crippen LogP contribution in [0.25, 0.3) is 0 Å². The monoisotopic (exact) mass is 233 g/mol. The number of aryl methyl sites for hydroxylation is 1. The van der Waals surface area contributed by atoms with Crippen molar-refractivity contribution in [3.63, 3.8) is 0 Å². The highest BCUT2D eigenvalue weighted by Crippen LogP contribution is 2.25. The molecule has 0 aromatic carbocycles. The molecule has 0 spiro atoms. The maximum Gasteiger partial charge on any atom is 0.222 e. The second kappa shape index (κ2) is 5.25. The molecule has 1 saturated heterocycles. The first-order chi connectivity index (χ1) is 8.20. The Kier molecular flexibility index (Phi) is 3.71. The van der Waals surface area contributed by atoms with Gasteiger partial charge in [-0.2, -0.15) is 0 Å². The summed E-state index contributed by atoms with van der Waals surface area (Å²) in [5, 5.41) is 0. The van der Waals surface area contributed by atoms with Gasteiger partial charge in [-0.1, -0.05) is 6.92 Å². The van der Waals surface area contributed by atoms with Crippen LogP contribution in [0.4, 0.5) is 0 Å². The smallest absolute Gasteiger partial charge is 0.222 e. The van der Waals surface area contributed by atoms with Crippen molar-refractivity contribution < 1.29 is 4.79 Å². The Balaban J connectivity index is 2.09. The van der Waals surface area contributed by atoms with Crippen molar-refractivity contribution >= 4 is 5.91 Å². The van der Waals surface area contributed by atoms with E-state index in [9.17, 15) is 4.79 Å². The topological polar surface area (TPSA) is 46.1 Å². The van der Waals surface area contributed by atoms with Crippen LogP contribution in [0.5, 0.6) is 0 Å². The highest BCUT2D eigenvalue weighted by Gasteiger charge is 2.24. The Hall–Kier alpha value is -1.45. The first-order valence-electron chi connectivity index (χ1n) is 6.28. The minimum Gasteiger partial charge on any atom is -0.342 e. The molecule has 92 valence electrons. The molecule has 0 bridgehead atoms. The van der Waals surface area contributed by atoms with Crippen molar-refractivity contribution in [2.45, 2.75) is 39.0 Å². The molecule has 2 heterocycles. The number of amides is 1. The predicted molar refractivity (Wildman–Crippen MR) is 65.6 cm³/mol. The van der Waals surface area contributed by atoms with Crippen LogP contribution in [0.1, 0.15) is 43.6 Å². The summed E-state index contributed by atoms with van der Waals surface area (Å²) in [6, 6.07) is 1.97. The standard InChI is InChI=1S/C13H19N3O/c1-3-13(17)16-8-4-5-11(9-16)12-6-7-14-10(2)15-12/h6-7,11H,3-5,8-9H2,1-2H3. The van der Waals surface area contributed by atoms with Gasteiger partial charge in [-0.3, -0.25) is 4.79 Å². The van der Waals surface area contributed by atoms with Crippen LogP contribution in [0.2, 0.25) is 0 Å². The molecule has 1 amide bonds. The summed E-state index contributed by atoms with van der Waals surface area (Å²) >= 11 is 0. The quantitative estimate of drug-likeness (QED) is 0.783. The summed E-state index contributed by atoms with van der Waals surface area (Å²) in [7, 11) is 0. The van der Waals surface area contributed by atoms with E-state index < -0.39 is 0 Å². The van der Waals surface area contributed by atoms with Gasteiger partial charge in [0, 0.05) is 37.3 Å². The Morgan fingerprint density at radius 3 is 3.12 bits per heavy atom. The highest BCUT2D eigenvalue weighted by molar-refractivity contribution is 5.75. The molecule has 4 heteroatoms. The zero-order valence-electron chi connectivity index (χ0n) is 10.5. The van der Waals surface area contributed by atoms with E-state index >= 15 is 0 Å². The molecule has 1 atom stereocenters. The average molecular weight is 233 g/mol. The van der Waals surface area contributed by atoms with Gasteiger partial charge in [-0.25, -0.2) is 9.97 Å². The van der Waals surface area contributed by atoms with Gasteiger partial charge < -0.3 is 4.90 Å². The van der Waals surface area contributed by atoms with Gasteiger partial charge in [0.15, 0.2) is 0 Å². The first-order valence-corrected chi connectivity index (χ1v) is 6.28. The summed E-state index contributed by atoms with van der Waals surface area (Å²) in [6.45, 7) is 5.53. The zero-order valence-corrected chi connectivity index (χ0v) is 10.5. The summed E-state index contributed by atoms with van der Waals surface area (Å²) in [5.41, 5.74) is 1.08. The lowest BCUT2D eigenvalue weighted by molar-refractivity contribution is -0.132. The summed E-state index contributed by atoms with van der Waals surface area (Å²) in [6.07, 6.45) is 4.58. The fourth-order valence-corrected chi connectivity index (χ4v) is 2.37. The summed E-state index contributed by atoms with van der Waals surface area (Å²) in [5.74, 6) is 1.43. The van der Waals surface area contributed by atoms with Crippen molar-refractivity contribution in [2.75, 3.05) is 13.1 Å². The molecule has 1 unspecified atom stereocenters. The first kappa shape index (κ1) is 12.0. The number of carbonyl (C=O) groups is 1. The number of hydrogen-bond acceptors (Lipinski definition) is 3. The number of rotatable bonds is 2. The third kappa shape index (κ3) is 2.81. The van der Waals surface area contributed by atoms with Crippen LogP contribution in [0.3, 0.4) is 0 Å². The summed E-state index contributed by atoms with van der Waals surface area (Å²) in [4.78, 5) is 22.2. The number of piperidine rings is 1. The fourth-order valence-electron chi connectivity index (χ4n) is 2.37. The van der Waals surface area contributed by atoms with Crippen LogP contribution >= 0.6 is 0 Å². The van der Waals surface area contributed by atoms with E-state index in [1.54, 1.807) is 6.20 Å². The third-order valence-corrected chi connectivity index (χ3v) is 3.29. The van der Waals surface area contributed by atoms with Crippen molar-refractivity contribution in [2.24, 2.45) is 0 Å². The highest BCUT2D eigenvalue weighted by atomic mass is 16.2. The van der Waals surface area contributed by atoms with E-state index in [1.807, 2.05) is 24.8 Å². The molecule has 17 heavy (non-hydrogen) atoms. The number of aromatic nitrogens is 2. The molecular formula is C13H19N3O. The largest absolute Gasteiger partial charge is 0.342 e. The van der Waals surface area contributed by atoms with Crippen LogP contribution in [0, 0.1) is 6.92 Å². The van der Waals surface area contributed by atoms with Crippen molar-refractivity contribution in [3.05, 3.63) is 23.8 Å². The molecule has 2 rings (SSSR count). The van der Waals surface area contributed by atoms with Gasteiger partial charge in [0.1, 0.15) is 5.82 Å². The molecule has 0 saturated carbocycles. The Labute approximate surface area is 102 Å². The molecule has 4 nitrogen and oxygen atoms in total. The Bertz CT molecular complexity index is 405. The fraction of sp³-hybridized carbons (Fsp3) is 0.615. The Morgan fingerprint density at radius 2 is 2.41 bits per heavy atom. The molecule has 1 aromatic heterocycles. The van der Waals surface area contributed by atoms with E-state index in [1.165, 1.54) is 0 Å². The SMILES string of the molecule is CCC(=O)N1CCCC(c2ccnc(C)n2)C1. The number of carbonyl (C=O) groups excluding carboxylic acids is 1. The van der Waals surface area contributed by atoms with Gasteiger partial charge in [0.2, 0.25) is 5.91 Å². The van der Waals surface area contributed by atoms with E-state index in [0.717, 1.165) is 37.4 Å². The molecule has 1 aliphatic rings.